The van der Waals surface area contributed by atoms with Crippen LogP contribution in [0.5, 0.6) is 0 Å². The second kappa shape index (κ2) is 9.86. The van der Waals surface area contributed by atoms with Crippen LogP contribution in [-0.4, -0.2) is 35.8 Å². The quantitative estimate of drug-likeness (QED) is 0.851. The molecule has 2 aliphatic rings. The van der Waals surface area contributed by atoms with Crippen LogP contribution in [-0.2, 0) is 16.0 Å². The first-order valence-electron chi connectivity index (χ1n) is 10.4. The van der Waals surface area contributed by atoms with Gasteiger partial charge in [-0.05, 0) is 43.4 Å². The summed E-state index contributed by atoms with van der Waals surface area (Å²) < 4.78 is 13.3. The van der Waals surface area contributed by atoms with Gasteiger partial charge in [-0.15, -0.1) is 0 Å². The first kappa shape index (κ1) is 19.8. The van der Waals surface area contributed by atoms with E-state index in [1.165, 1.54) is 44.2 Å². The summed E-state index contributed by atoms with van der Waals surface area (Å²) in [7, 11) is 0. The van der Waals surface area contributed by atoms with Gasteiger partial charge < -0.3 is 10.2 Å². The van der Waals surface area contributed by atoms with E-state index in [4.69, 9.17) is 0 Å². The molecule has 1 saturated carbocycles. The van der Waals surface area contributed by atoms with Gasteiger partial charge in [-0.2, -0.15) is 0 Å². The number of carbonyl (C=O) groups excluding carboxylic acids is 2. The number of piperidine rings is 1. The van der Waals surface area contributed by atoms with Gasteiger partial charge in [0.15, 0.2) is 0 Å². The van der Waals surface area contributed by atoms with Gasteiger partial charge in [-0.1, -0.05) is 44.2 Å². The molecule has 3 rings (SSSR count). The van der Waals surface area contributed by atoms with Crippen molar-refractivity contribution in [1.82, 2.24) is 10.2 Å². The number of nitrogens with zero attached hydrogens (tertiary/aromatic N) is 1. The Morgan fingerprint density at radius 2 is 1.85 bits per heavy atom. The maximum absolute atomic E-state index is 13.3. The molecule has 1 aliphatic carbocycles. The third-order valence-electron chi connectivity index (χ3n) is 5.88. The highest BCUT2D eigenvalue weighted by Crippen LogP contribution is 2.21. The van der Waals surface area contributed by atoms with E-state index in [0.29, 0.717) is 32.4 Å². The van der Waals surface area contributed by atoms with Crippen LogP contribution >= 0.6 is 0 Å². The van der Waals surface area contributed by atoms with Crippen molar-refractivity contribution in [3.05, 3.63) is 35.6 Å². The molecule has 2 fully saturated rings. The highest BCUT2D eigenvalue weighted by atomic mass is 19.1. The molecule has 5 heteroatoms. The lowest BCUT2D eigenvalue weighted by atomic mass is 9.93. The van der Waals surface area contributed by atoms with Gasteiger partial charge in [0, 0.05) is 25.6 Å². The first-order valence-corrected chi connectivity index (χ1v) is 10.4. The number of carbonyl (C=O) groups is 2. The Bertz CT molecular complexity index is 641. The average Bonchev–Trinajstić information content (AvgIpc) is 2.63. The van der Waals surface area contributed by atoms with Crippen molar-refractivity contribution in [2.45, 2.75) is 70.3 Å². The van der Waals surface area contributed by atoms with E-state index in [1.54, 1.807) is 11.0 Å². The number of hydrogen-bond donors (Lipinski definition) is 1. The van der Waals surface area contributed by atoms with Crippen LogP contribution in [0.1, 0.15) is 63.4 Å². The van der Waals surface area contributed by atoms with Crippen LogP contribution in [0.2, 0.25) is 0 Å². The van der Waals surface area contributed by atoms with E-state index in [2.05, 4.69) is 5.32 Å². The van der Waals surface area contributed by atoms with Crippen LogP contribution in [0.3, 0.4) is 0 Å². The van der Waals surface area contributed by atoms with Gasteiger partial charge in [0.25, 0.3) is 0 Å². The summed E-state index contributed by atoms with van der Waals surface area (Å²) in [6, 6.07) is 6.78. The molecule has 1 aromatic carbocycles. The molecule has 1 heterocycles. The van der Waals surface area contributed by atoms with Gasteiger partial charge in [-0.25, -0.2) is 4.39 Å². The van der Waals surface area contributed by atoms with E-state index < -0.39 is 0 Å². The van der Waals surface area contributed by atoms with E-state index in [1.807, 2.05) is 6.07 Å². The van der Waals surface area contributed by atoms with E-state index >= 15 is 0 Å². The molecule has 2 amide bonds. The minimum absolute atomic E-state index is 0.0985. The molecule has 27 heavy (non-hydrogen) atoms. The van der Waals surface area contributed by atoms with Crippen LogP contribution in [0, 0.1) is 11.7 Å². The summed E-state index contributed by atoms with van der Waals surface area (Å²) in [6.07, 6.45) is 10.0. The molecule has 1 atom stereocenters. The monoisotopic (exact) mass is 374 g/mol. The predicted octanol–water partition coefficient (Wildman–Crippen LogP) is 3.84. The SMILES string of the molecule is O=C(NC1CCCCCCC1)C1CCC(=O)N(CCc2cccc(F)c2)C1. The Labute approximate surface area is 161 Å². The molecule has 0 bridgehead atoms. The molecule has 1 aliphatic heterocycles. The minimum Gasteiger partial charge on any atom is -0.353 e. The highest BCUT2D eigenvalue weighted by Gasteiger charge is 2.31. The van der Waals surface area contributed by atoms with Gasteiger partial charge >= 0.3 is 0 Å². The lowest BCUT2D eigenvalue weighted by Crippen LogP contribution is -2.48. The summed E-state index contributed by atoms with van der Waals surface area (Å²) >= 11 is 0. The molecular formula is C22H31FN2O2. The highest BCUT2D eigenvalue weighted by molar-refractivity contribution is 5.84. The Morgan fingerprint density at radius 3 is 2.59 bits per heavy atom. The number of amides is 2. The normalized spacial score (nSPS) is 22.2. The molecule has 1 aromatic rings. The van der Waals surface area contributed by atoms with Crippen molar-refractivity contribution in [3.63, 3.8) is 0 Å². The Balaban J connectivity index is 1.50. The lowest BCUT2D eigenvalue weighted by molar-refractivity contribution is -0.138. The maximum Gasteiger partial charge on any atom is 0.225 e. The zero-order valence-electron chi connectivity index (χ0n) is 16.1. The van der Waals surface area contributed by atoms with Gasteiger partial charge in [-0.3, -0.25) is 9.59 Å². The summed E-state index contributed by atoms with van der Waals surface area (Å²) in [5, 5.41) is 3.25. The number of hydrogen-bond acceptors (Lipinski definition) is 2. The van der Waals surface area contributed by atoms with E-state index in [0.717, 1.165) is 18.4 Å². The molecule has 0 radical (unpaired) electrons. The fraction of sp³-hybridized carbons (Fsp3) is 0.636. The predicted molar refractivity (Wildman–Crippen MR) is 104 cm³/mol. The summed E-state index contributed by atoms with van der Waals surface area (Å²) in [5.74, 6) is -0.181. The number of benzene rings is 1. The minimum atomic E-state index is -0.256. The Morgan fingerprint density at radius 1 is 1.11 bits per heavy atom. The topological polar surface area (TPSA) is 49.4 Å². The van der Waals surface area contributed by atoms with Crippen molar-refractivity contribution in [2.75, 3.05) is 13.1 Å². The number of rotatable bonds is 5. The van der Waals surface area contributed by atoms with Crippen molar-refractivity contribution in [1.29, 1.82) is 0 Å². The van der Waals surface area contributed by atoms with Crippen molar-refractivity contribution < 1.29 is 14.0 Å². The molecular weight excluding hydrogens is 343 g/mol. The summed E-state index contributed by atoms with van der Waals surface area (Å²) in [4.78, 5) is 26.8. The van der Waals surface area contributed by atoms with E-state index in [-0.39, 0.29) is 29.6 Å². The van der Waals surface area contributed by atoms with Crippen LogP contribution in [0.15, 0.2) is 24.3 Å². The van der Waals surface area contributed by atoms with Crippen LogP contribution in [0.4, 0.5) is 4.39 Å². The molecule has 4 nitrogen and oxygen atoms in total. The second-order valence-corrected chi connectivity index (χ2v) is 8.01. The molecule has 1 N–H and O–H groups in total. The molecule has 0 aromatic heterocycles. The second-order valence-electron chi connectivity index (χ2n) is 8.01. The zero-order valence-corrected chi connectivity index (χ0v) is 16.1. The van der Waals surface area contributed by atoms with Crippen LogP contribution < -0.4 is 5.32 Å². The molecule has 1 saturated heterocycles. The van der Waals surface area contributed by atoms with Crippen molar-refractivity contribution >= 4 is 11.8 Å². The van der Waals surface area contributed by atoms with Crippen molar-refractivity contribution in [3.8, 4) is 0 Å². The smallest absolute Gasteiger partial charge is 0.225 e. The standard InChI is InChI=1S/C22H31FN2O2/c23-19-8-6-7-17(15-19)13-14-25-16-18(11-12-21(25)26)22(27)24-20-9-4-2-1-3-5-10-20/h6-8,15,18,20H,1-5,9-14,16H2,(H,24,27). The zero-order chi connectivity index (χ0) is 19.1. The summed E-state index contributed by atoms with van der Waals surface area (Å²) in [6.45, 7) is 1.02. The lowest BCUT2D eigenvalue weighted by Gasteiger charge is -2.33. The average molecular weight is 375 g/mol. The Kier molecular flexibility index (Phi) is 7.25. The van der Waals surface area contributed by atoms with Gasteiger partial charge in [0.1, 0.15) is 5.82 Å². The molecule has 1 unspecified atom stereocenters. The van der Waals surface area contributed by atoms with Crippen molar-refractivity contribution in [2.24, 2.45) is 5.92 Å². The Hall–Kier alpha value is -1.91. The van der Waals surface area contributed by atoms with E-state index in [9.17, 15) is 14.0 Å². The summed E-state index contributed by atoms with van der Waals surface area (Å²) in [5.41, 5.74) is 0.879. The third-order valence-corrected chi connectivity index (χ3v) is 5.88. The van der Waals surface area contributed by atoms with Gasteiger partial charge in [0.2, 0.25) is 11.8 Å². The fourth-order valence-corrected chi connectivity index (χ4v) is 4.22. The first-order chi connectivity index (χ1) is 13.1. The number of likely N-dealkylation sites (tertiary alicyclic amines) is 1. The number of halogens is 1. The fourth-order valence-electron chi connectivity index (χ4n) is 4.22. The molecule has 148 valence electrons. The molecule has 0 spiro atoms. The number of nitrogens with one attached hydrogen (secondary N) is 1. The largest absolute Gasteiger partial charge is 0.353 e. The van der Waals surface area contributed by atoms with Crippen LogP contribution in [0.25, 0.3) is 0 Å². The third kappa shape index (κ3) is 6.05. The van der Waals surface area contributed by atoms with Gasteiger partial charge in [0.05, 0.1) is 5.92 Å². The maximum atomic E-state index is 13.3.